The zero-order valence-electron chi connectivity index (χ0n) is 12.6. The van der Waals surface area contributed by atoms with Crippen molar-refractivity contribution in [2.75, 3.05) is 13.6 Å². The number of rotatable bonds is 5. The van der Waals surface area contributed by atoms with E-state index in [1.54, 1.807) is 0 Å². The van der Waals surface area contributed by atoms with Crippen LogP contribution in [0.15, 0.2) is 12.4 Å². The van der Waals surface area contributed by atoms with Crippen LogP contribution in [0.5, 0.6) is 0 Å². The van der Waals surface area contributed by atoms with Crippen molar-refractivity contribution in [3.8, 4) is 0 Å². The highest BCUT2D eigenvalue weighted by Crippen LogP contribution is 2.22. The van der Waals surface area contributed by atoms with Gasteiger partial charge in [-0.2, -0.15) is 0 Å². The molecule has 1 aromatic rings. The summed E-state index contributed by atoms with van der Waals surface area (Å²) in [6, 6.07) is 1.27. The second-order valence-corrected chi connectivity index (χ2v) is 5.74. The smallest absolute Gasteiger partial charge is 0.122 e. The first kappa shape index (κ1) is 14.5. The largest absolute Gasteiger partial charge is 0.337 e. The zero-order chi connectivity index (χ0) is 13.7. The van der Waals surface area contributed by atoms with Crippen molar-refractivity contribution in [1.82, 2.24) is 19.8 Å². The molecule has 0 saturated heterocycles. The van der Waals surface area contributed by atoms with Gasteiger partial charge < -0.3 is 9.88 Å². The number of imidazole rings is 1. The quantitative estimate of drug-likeness (QED) is 0.827. The van der Waals surface area contributed by atoms with Crippen LogP contribution >= 0.6 is 0 Å². The summed E-state index contributed by atoms with van der Waals surface area (Å²) in [5.74, 6) is 1.15. The lowest BCUT2D eigenvalue weighted by molar-refractivity contribution is 0.171. The van der Waals surface area contributed by atoms with E-state index in [-0.39, 0.29) is 0 Å². The SMILES string of the molecule is CCNC1CCCCCC1N(C)Cc1nccn1C. The summed E-state index contributed by atoms with van der Waals surface area (Å²) < 4.78 is 2.12. The first-order chi connectivity index (χ1) is 9.22. The predicted octanol–water partition coefficient (Wildman–Crippen LogP) is 2.16. The molecule has 1 aliphatic carbocycles. The van der Waals surface area contributed by atoms with Crippen LogP contribution in [0.2, 0.25) is 0 Å². The van der Waals surface area contributed by atoms with Crippen LogP contribution < -0.4 is 5.32 Å². The van der Waals surface area contributed by atoms with E-state index < -0.39 is 0 Å². The van der Waals surface area contributed by atoms with E-state index in [9.17, 15) is 0 Å². The molecule has 108 valence electrons. The van der Waals surface area contributed by atoms with Crippen LogP contribution in [-0.4, -0.2) is 40.1 Å². The molecule has 1 saturated carbocycles. The Kier molecular flexibility index (Phi) is 5.40. The Bertz CT molecular complexity index is 374. The minimum Gasteiger partial charge on any atom is -0.337 e. The average Bonchev–Trinajstić information content (AvgIpc) is 2.66. The molecule has 0 bridgehead atoms. The molecule has 0 spiro atoms. The Morgan fingerprint density at radius 3 is 2.84 bits per heavy atom. The van der Waals surface area contributed by atoms with Crippen LogP contribution in [0.3, 0.4) is 0 Å². The second kappa shape index (κ2) is 7.06. The van der Waals surface area contributed by atoms with Crippen LogP contribution in [-0.2, 0) is 13.6 Å². The van der Waals surface area contributed by atoms with Gasteiger partial charge in [-0.3, -0.25) is 4.90 Å². The van der Waals surface area contributed by atoms with Crippen molar-refractivity contribution < 1.29 is 0 Å². The molecule has 0 aromatic carbocycles. The molecule has 1 N–H and O–H groups in total. The number of hydrogen-bond acceptors (Lipinski definition) is 3. The van der Waals surface area contributed by atoms with Gasteiger partial charge in [0.25, 0.3) is 0 Å². The maximum atomic E-state index is 4.45. The maximum absolute atomic E-state index is 4.45. The third-order valence-corrected chi connectivity index (χ3v) is 4.32. The molecular weight excluding hydrogens is 236 g/mol. The number of aryl methyl sites for hydroxylation is 1. The fourth-order valence-corrected chi connectivity index (χ4v) is 3.21. The third kappa shape index (κ3) is 3.80. The highest BCUT2D eigenvalue weighted by atomic mass is 15.2. The van der Waals surface area contributed by atoms with Gasteiger partial charge in [0, 0.05) is 31.5 Å². The van der Waals surface area contributed by atoms with E-state index in [4.69, 9.17) is 0 Å². The van der Waals surface area contributed by atoms with Gasteiger partial charge in [0.15, 0.2) is 0 Å². The van der Waals surface area contributed by atoms with E-state index >= 15 is 0 Å². The lowest BCUT2D eigenvalue weighted by Crippen LogP contribution is -2.48. The third-order valence-electron chi connectivity index (χ3n) is 4.32. The number of likely N-dealkylation sites (N-methyl/N-ethyl adjacent to an activating group) is 2. The Morgan fingerprint density at radius 1 is 1.37 bits per heavy atom. The van der Waals surface area contributed by atoms with Crippen LogP contribution in [0.4, 0.5) is 0 Å². The minimum atomic E-state index is 0.637. The molecule has 2 atom stereocenters. The standard InChI is InChI=1S/C15H28N4/c1-4-16-13-8-6-5-7-9-14(13)19(3)12-15-17-10-11-18(15)2/h10-11,13-14,16H,4-9,12H2,1-3H3. The average molecular weight is 264 g/mol. The normalized spacial score (nSPS) is 24.6. The van der Waals surface area contributed by atoms with Gasteiger partial charge in [-0.05, 0) is 26.4 Å². The lowest BCUT2D eigenvalue weighted by atomic mass is 10.0. The van der Waals surface area contributed by atoms with Gasteiger partial charge in [0.2, 0.25) is 0 Å². The zero-order valence-corrected chi connectivity index (χ0v) is 12.6. The minimum absolute atomic E-state index is 0.637. The Balaban J connectivity index is 2.01. The van der Waals surface area contributed by atoms with Crippen molar-refractivity contribution in [2.45, 2.75) is 57.7 Å². The van der Waals surface area contributed by atoms with E-state index in [1.807, 2.05) is 12.4 Å². The van der Waals surface area contributed by atoms with Gasteiger partial charge >= 0.3 is 0 Å². The van der Waals surface area contributed by atoms with Crippen molar-refractivity contribution in [2.24, 2.45) is 7.05 Å². The predicted molar refractivity (Wildman–Crippen MR) is 79.0 cm³/mol. The summed E-state index contributed by atoms with van der Waals surface area (Å²) in [6.07, 6.45) is 10.6. The van der Waals surface area contributed by atoms with E-state index in [0.717, 1.165) is 18.9 Å². The summed E-state index contributed by atoms with van der Waals surface area (Å²) in [6.45, 7) is 4.22. The number of hydrogen-bond donors (Lipinski definition) is 1. The number of nitrogens with one attached hydrogen (secondary N) is 1. The van der Waals surface area contributed by atoms with E-state index in [0.29, 0.717) is 12.1 Å². The van der Waals surface area contributed by atoms with Crippen molar-refractivity contribution in [1.29, 1.82) is 0 Å². The summed E-state index contributed by atoms with van der Waals surface area (Å²) in [7, 11) is 4.32. The van der Waals surface area contributed by atoms with Gasteiger partial charge in [-0.1, -0.05) is 26.2 Å². The van der Waals surface area contributed by atoms with Crippen molar-refractivity contribution in [3.63, 3.8) is 0 Å². The van der Waals surface area contributed by atoms with E-state index in [1.165, 1.54) is 32.1 Å². The molecule has 4 nitrogen and oxygen atoms in total. The Labute approximate surface area is 117 Å². The molecule has 0 amide bonds. The molecule has 1 fully saturated rings. The lowest BCUT2D eigenvalue weighted by Gasteiger charge is -2.33. The summed E-state index contributed by atoms with van der Waals surface area (Å²) in [4.78, 5) is 6.93. The van der Waals surface area contributed by atoms with Crippen LogP contribution in [0.25, 0.3) is 0 Å². The molecule has 1 heterocycles. The maximum Gasteiger partial charge on any atom is 0.122 e. The molecule has 1 aliphatic rings. The Hall–Kier alpha value is -0.870. The summed E-state index contributed by atoms with van der Waals surface area (Å²) in [5.41, 5.74) is 0. The summed E-state index contributed by atoms with van der Waals surface area (Å²) in [5, 5.41) is 3.68. The van der Waals surface area contributed by atoms with Gasteiger partial charge in [0.05, 0.1) is 6.54 Å². The first-order valence-corrected chi connectivity index (χ1v) is 7.62. The fourth-order valence-electron chi connectivity index (χ4n) is 3.21. The molecule has 2 unspecified atom stereocenters. The van der Waals surface area contributed by atoms with Crippen LogP contribution in [0, 0.1) is 0 Å². The second-order valence-electron chi connectivity index (χ2n) is 5.74. The fraction of sp³-hybridized carbons (Fsp3) is 0.800. The molecule has 0 aliphatic heterocycles. The summed E-state index contributed by atoms with van der Waals surface area (Å²) >= 11 is 0. The van der Waals surface area contributed by atoms with Crippen molar-refractivity contribution >= 4 is 0 Å². The molecule has 1 aromatic heterocycles. The molecule has 0 radical (unpaired) electrons. The Morgan fingerprint density at radius 2 is 2.16 bits per heavy atom. The monoisotopic (exact) mass is 264 g/mol. The highest BCUT2D eigenvalue weighted by Gasteiger charge is 2.26. The van der Waals surface area contributed by atoms with Gasteiger partial charge in [-0.25, -0.2) is 4.98 Å². The van der Waals surface area contributed by atoms with Gasteiger partial charge in [-0.15, -0.1) is 0 Å². The topological polar surface area (TPSA) is 33.1 Å². The number of aromatic nitrogens is 2. The molecule has 4 heteroatoms. The van der Waals surface area contributed by atoms with E-state index in [2.05, 4.69) is 40.8 Å². The highest BCUT2D eigenvalue weighted by molar-refractivity contribution is 4.93. The van der Waals surface area contributed by atoms with Gasteiger partial charge in [0.1, 0.15) is 5.82 Å². The molecular formula is C15H28N4. The molecule has 2 rings (SSSR count). The first-order valence-electron chi connectivity index (χ1n) is 7.62. The van der Waals surface area contributed by atoms with Crippen LogP contribution in [0.1, 0.15) is 44.9 Å². The van der Waals surface area contributed by atoms with Crippen molar-refractivity contribution in [3.05, 3.63) is 18.2 Å². The molecule has 19 heavy (non-hydrogen) atoms. The number of nitrogens with zero attached hydrogens (tertiary/aromatic N) is 3.